The van der Waals surface area contributed by atoms with Gasteiger partial charge in [-0.15, -0.1) is 11.6 Å². The number of rotatable bonds is 7. The van der Waals surface area contributed by atoms with Gasteiger partial charge in [0.15, 0.2) is 0 Å². The number of hydrogen-bond acceptors (Lipinski definition) is 2. The third-order valence-corrected chi connectivity index (χ3v) is 2.93. The summed E-state index contributed by atoms with van der Waals surface area (Å²) in [4.78, 5) is 22.9. The van der Waals surface area contributed by atoms with Crippen molar-refractivity contribution in [3.63, 3.8) is 0 Å². The fourth-order valence-corrected chi connectivity index (χ4v) is 1.27. The Kier molecular flexibility index (Phi) is 7.19. The van der Waals surface area contributed by atoms with Crippen molar-refractivity contribution in [2.24, 2.45) is 5.41 Å². The van der Waals surface area contributed by atoms with Crippen molar-refractivity contribution in [1.82, 2.24) is 10.6 Å². The smallest absolute Gasteiger partial charge is 0.226 e. The van der Waals surface area contributed by atoms with Crippen LogP contribution >= 0.6 is 11.6 Å². The van der Waals surface area contributed by atoms with Crippen molar-refractivity contribution in [3.8, 4) is 0 Å². The van der Waals surface area contributed by atoms with Crippen LogP contribution in [0.1, 0.15) is 40.5 Å². The van der Waals surface area contributed by atoms with Gasteiger partial charge in [-0.05, 0) is 34.1 Å². The predicted molar refractivity (Wildman–Crippen MR) is 70.0 cm³/mol. The molecule has 17 heavy (non-hydrogen) atoms. The maximum atomic E-state index is 11.6. The molecule has 0 fully saturated rings. The van der Waals surface area contributed by atoms with E-state index in [1.54, 1.807) is 13.8 Å². The number of amides is 2. The third kappa shape index (κ3) is 7.21. The van der Waals surface area contributed by atoms with E-state index in [0.29, 0.717) is 19.4 Å². The summed E-state index contributed by atoms with van der Waals surface area (Å²) in [6.07, 6.45) is 1.07. The molecule has 5 heteroatoms. The van der Waals surface area contributed by atoms with Crippen LogP contribution in [-0.4, -0.2) is 30.3 Å². The lowest BCUT2D eigenvalue weighted by Gasteiger charge is -2.20. The van der Waals surface area contributed by atoms with Crippen molar-refractivity contribution >= 4 is 23.4 Å². The van der Waals surface area contributed by atoms with E-state index in [1.807, 2.05) is 13.8 Å². The van der Waals surface area contributed by atoms with Crippen LogP contribution in [-0.2, 0) is 9.59 Å². The Morgan fingerprint density at radius 3 is 2.35 bits per heavy atom. The van der Waals surface area contributed by atoms with Crippen LogP contribution in [0.5, 0.6) is 0 Å². The molecule has 0 aliphatic rings. The quantitative estimate of drug-likeness (QED) is 0.542. The molecular weight excluding hydrogens is 240 g/mol. The summed E-state index contributed by atoms with van der Waals surface area (Å²) < 4.78 is 0. The maximum Gasteiger partial charge on any atom is 0.226 e. The second kappa shape index (κ2) is 7.54. The molecule has 0 aliphatic carbocycles. The van der Waals surface area contributed by atoms with E-state index in [0.717, 1.165) is 0 Å². The SMILES string of the molecule is CC(C)NC(=O)CCCNC(=O)C(C)(C)CCl. The van der Waals surface area contributed by atoms with Gasteiger partial charge in [-0.1, -0.05) is 0 Å². The summed E-state index contributed by atoms with van der Waals surface area (Å²) >= 11 is 5.68. The van der Waals surface area contributed by atoms with E-state index < -0.39 is 5.41 Å². The highest BCUT2D eigenvalue weighted by Crippen LogP contribution is 2.16. The molecule has 2 N–H and O–H groups in total. The van der Waals surface area contributed by atoms with Crippen molar-refractivity contribution < 1.29 is 9.59 Å². The van der Waals surface area contributed by atoms with Gasteiger partial charge in [0.2, 0.25) is 11.8 Å². The minimum atomic E-state index is -0.554. The molecule has 2 amide bonds. The minimum absolute atomic E-state index is 0.0193. The lowest BCUT2D eigenvalue weighted by atomic mass is 9.95. The first kappa shape index (κ1) is 16.2. The van der Waals surface area contributed by atoms with E-state index in [2.05, 4.69) is 10.6 Å². The number of alkyl halides is 1. The van der Waals surface area contributed by atoms with Crippen LogP contribution in [0.3, 0.4) is 0 Å². The lowest BCUT2D eigenvalue weighted by molar-refractivity contribution is -0.128. The van der Waals surface area contributed by atoms with Crippen LogP contribution in [0, 0.1) is 5.41 Å². The van der Waals surface area contributed by atoms with Crippen LogP contribution in [0.25, 0.3) is 0 Å². The average molecular weight is 263 g/mol. The first-order valence-corrected chi connectivity index (χ1v) is 6.46. The molecule has 0 aliphatic heterocycles. The molecule has 0 heterocycles. The van der Waals surface area contributed by atoms with Crippen LogP contribution in [0.4, 0.5) is 0 Å². The Morgan fingerprint density at radius 1 is 1.29 bits per heavy atom. The Balaban J connectivity index is 3.72. The minimum Gasteiger partial charge on any atom is -0.356 e. The monoisotopic (exact) mass is 262 g/mol. The van der Waals surface area contributed by atoms with Gasteiger partial charge < -0.3 is 10.6 Å². The van der Waals surface area contributed by atoms with Gasteiger partial charge in [-0.3, -0.25) is 9.59 Å². The Bertz CT molecular complexity index is 265. The third-order valence-electron chi connectivity index (χ3n) is 2.26. The van der Waals surface area contributed by atoms with Crippen molar-refractivity contribution in [1.29, 1.82) is 0 Å². The van der Waals surface area contributed by atoms with Crippen LogP contribution in [0.15, 0.2) is 0 Å². The zero-order valence-electron chi connectivity index (χ0n) is 11.1. The molecule has 0 bridgehead atoms. The standard InChI is InChI=1S/C12H23ClN2O2/c1-9(2)15-10(16)6-5-7-14-11(17)12(3,4)8-13/h9H,5-8H2,1-4H3,(H,14,17)(H,15,16). The predicted octanol–water partition coefficient (Wildman–Crippen LogP) is 1.67. The molecule has 0 unspecified atom stereocenters. The van der Waals surface area contributed by atoms with Gasteiger partial charge in [0.05, 0.1) is 5.41 Å². The number of hydrogen-bond donors (Lipinski definition) is 2. The highest BCUT2D eigenvalue weighted by atomic mass is 35.5. The second-order valence-electron chi connectivity index (χ2n) is 5.10. The lowest BCUT2D eigenvalue weighted by Crippen LogP contribution is -2.39. The zero-order chi connectivity index (χ0) is 13.5. The molecule has 0 spiro atoms. The number of carbonyl (C=O) groups excluding carboxylic acids is 2. The fraction of sp³-hybridized carbons (Fsp3) is 0.833. The highest BCUT2D eigenvalue weighted by Gasteiger charge is 2.25. The Hall–Kier alpha value is -0.770. The van der Waals surface area contributed by atoms with E-state index in [-0.39, 0.29) is 23.7 Å². The topological polar surface area (TPSA) is 58.2 Å². The number of halogens is 1. The molecule has 0 radical (unpaired) electrons. The molecule has 0 aromatic heterocycles. The molecule has 0 rings (SSSR count). The number of carbonyl (C=O) groups is 2. The van der Waals surface area contributed by atoms with Gasteiger partial charge in [0.1, 0.15) is 0 Å². The van der Waals surface area contributed by atoms with E-state index in [4.69, 9.17) is 11.6 Å². The van der Waals surface area contributed by atoms with E-state index in [9.17, 15) is 9.59 Å². The van der Waals surface area contributed by atoms with E-state index in [1.165, 1.54) is 0 Å². The maximum absolute atomic E-state index is 11.6. The number of nitrogens with one attached hydrogen (secondary N) is 2. The molecule has 0 aromatic carbocycles. The summed E-state index contributed by atoms with van der Waals surface area (Å²) in [5, 5.41) is 5.58. The first-order valence-electron chi connectivity index (χ1n) is 5.93. The molecule has 0 saturated heterocycles. The van der Waals surface area contributed by atoms with Gasteiger partial charge in [0, 0.05) is 24.9 Å². The average Bonchev–Trinajstić information content (AvgIpc) is 2.23. The van der Waals surface area contributed by atoms with Crippen LogP contribution < -0.4 is 10.6 Å². The molecular formula is C12H23ClN2O2. The fourth-order valence-electron chi connectivity index (χ4n) is 1.14. The molecule has 0 aromatic rings. The van der Waals surface area contributed by atoms with Crippen molar-refractivity contribution in [2.45, 2.75) is 46.6 Å². The summed E-state index contributed by atoms with van der Waals surface area (Å²) in [5.41, 5.74) is -0.554. The van der Waals surface area contributed by atoms with Crippen LogP contribution in [0.2, 0.25) is 0 Å². The molecule has 100 valence electrons. The summed E-state index contributed by atoms with van der Waals surface area (Å²) in [7, 11) is 0. The summed E-state index contributed by atoms with van der Waals surface area (Å²) in [5.74, 6) is 0.231. The van der Waals surface area contributed by atoms with Gasteiger partial charge in [0.25, 0.3) is 0 Å². The van der Waals surface area contributed by atoms with Crippen molar-refractivity contribution in [3.05, 3.63) is 0 Å². The second-order valence-corrected chi connectivity index (χ2v) is 5.37. The highest BCUT2D eigenvalue weighted by molar-refractivity contribution is 6.19. The van der Waals surface area contributed by atoms with Gasteiger partial charge in [-0.25, -0.2) is 0 Å². The normalized spacial score (nSPS) is 11.4. The van der Waals surface area contributed by atoms with E-state index >= 15 is 0 Å². The zero-order valence-corrected chi connectivity index (χ0v) is 11.9. The molecule has 0 atom stereocenters. The largest absolute Gasteiger partial charge is 0.356 e. The Morgan fingerprint density at radius 2 is 1.88 bits per heavy atom. The van der Waals surface area contributed by atoms with Gasteiger partial charge >= 0.3 is 0 Å². The Labute approximate surface area is 108 Å². The first-order chi connectivity index (χ1) is 7.79. The molecule has 0 saturated carbocycles. The van der Waals surface area contributed by atoms with Crippen molar-refractivity contribution in [2.75, 3.05) is 12.4 Å². The molecule has 4 nitrogen and oxygen atoms in total. The summed E-state index contributed by atoms with van der Waals surface area (Å²) in [6, 6.07) is 0.160. The summed E-state index contributed by atoms with van der Waals surface area (Å²) in [6.45, 7) is 7.93. The van der Waals surface area contributed by atoms with Gasteiger partial charge in [-0.2, -0.15) is 0 Å².